The van der Waals surface area contributed by atoms with Crippen molar-refractivity contribution in [3.8, 4) is 5.88 Å². The Morgan fingerprint density at radius 3 is 2.76 bits per heavy atom. The van der Waals surface area contributed by atoms with Gasteiger partial charge in [0.2, 0.25) is 5.88 Å². The highest BCUT2D eigenvalue weighted by atomic mass is 16.5. The summed E-state index contributed by atoms with van der Waals surface area (Å²) < 4.78 is 5.50. The number of ether oxygens (including phenoxy) is 1. The fourth-order valence-corrected chi connectivity index (χ4v) is 2.09. The van der Waals surface area contributed by atoms with Crippen LogP contribution < -0.4 is 10.1 Å². The maximum absolute atomic E-state index is 5.50. The van der Waals surface area contributed by atoms with Crippen molar-refractivity contribution < 1.29 is 4.74 Å². The van der Waals surface area contributed by atoms with Gasteiger partial charge in [0.05, 0.1) is 6.61 Å². The van der Waals surface area contributed by atoms with Crippen LogP contribution in [-0.4, -0.2) is 23.1 Å². The minimum Gasteiger partial charge on any atom is -0.478 e. The third-order valence-electron chi connectivity index (χ3n) is 3.35. The number of benzene rings is 1. The van der Waals surface area contributed by atoms with E-state index in [0.717, 1.165) is 25.2 Å². The van der Waals surface area contributed by atoms with Crippen LogP contribution in [0.5, 0.6) is 5.88 Å². The Hall–Kier alpha value is -2.10. The predicted molar refractivity (Wildman–Crippen MR) is 85.8 cm³/mol. The van der Waals surface area contributed by atoms with Gasteiger partial charge in [0.15, 0.2) is 0 Å². The molecule has 1 aromatic carbocycles. The van der Waals surface area contributed by atoms with Crippen LogP contribution in [0.2, 0.25) is 0 Å². The molecule has 4 heteroatoms. The number of nitrogens with one attached hydrogen (secondary N) is 1. The highest BCUT2D eigenvalue weighted by Crippen LogP contribution is 2.18. The van der Waals surface area contributed by atoms with E-state index in [4.69, 9.17) is 4.74 Å². The van der Waals surface area contributed by atoms with E-state index in [1.54, 1.807) is 0 Å². The number of hydrogen-bond acceptors (Lipinski definition) is 4. The number of aromatic nitrogens is 2. The zero-order chi connectivity index (χ0) is 14.9. The van der Waals surface area contributed by atoms with Crippen molar-refractivity contribution in [3.63, 3.8) is 0 Å². The van der Waals surface area contributed by atoms with E-state index in [2.05, 4.69) is 53.4 Å². The second kappa shape index (κ2) is 8.25. The van der Waals surface area contributed by atoms with Gasteiger partial charge in [0.25, 0.3) is 0 Å². The molecule has 1 N–H and O–H groups in total. The molecule has 4 nitrogen and oxygen atoms in total. The largest absolute Gasteiger partial charge is 0.478 e. The standard InChI is InChI=1S/C17H23N3O/c1-3-11-21-17-12-16(19-13-20-17)18-10-9-14(2)15-7-5-4-6-8-15/h4-8,12-14H,3,9-11H2,1-2H3,(H,18,19,20). The zero-order valence-corrected chi connectivity index (χ0v) is 12.7. The summed E-state index contributed by atoms with van der Waals surface area (Å²) >= 11 is 0. The lowest BCUT2D eigenvalue weighted by Crippen LogP contribution is -2.08. The first-order chi connectivity index (χ1) is 10.3. The summed E-state index contributed by atoms with van der Waals surface area (Å²) in [5, 5.41) is 3.33. The molecule has 0 aliphatic heterocycles. The molecule has 0 aliphatic carbocycles. The van der Waals surface area contributed by atoms with Gasteiger partial charge in [-0.15, -0.1) is 0 Å². The molecule has 0 radical (unpaired) electrons. The Morgan fingerprint density at radius 1 is 1.19 bits per heavy atom. The molecule has 1 unspecified atom stereocenters. The minimum absolute atomic E-state index is 0.524. The molecule has 0 fully saturated rings. The second-order valence-corrected chi connectivity index (χ2v) is 5.12. The highest BCUT2D eigenvalue weighted by molar-refractivity contribution is 5.37. The number of nitrogens with zero attached hydrogens (tertiary/aromatic N) is 2. The van der Waals surface area contributed by atoms with Crippen molar-refractivity contribution in [1.82, 2.24) is 9.97 Å². The maximum Gasteiger partial charge on any atom is 0.218 e. The summed E-state index contributed by atoms with van der Waals surface area (Å²) in [6.07, 6.45) is 3.56. The van der Waals surface area contributed by atoms with Gasteiger partial charge in [-0.1, -0.05) is 44.2 Å². The van der Waals surface area contributed by atoms with E-state index in [1.165, 1.54) is 11.9 Å². The molecule has 0 spiro atoms. The van der Waals surface area contributed by atoms with Crippen LogP contribution in [0, 0.1) is 0 Å². The lowest BCUT2D eigenvalue weighted by molar-refractivity contribution is 0.305. The maximum atomic E-state index is 5.50. The van der Waals surface area contributed by atoms with Gasteiger partial charge in [-0.25, -0.2) is 9.97 Å². The predicted octanol–water partition coefficient (Wildman–Crippen LogP) is 3.87. The van der Waals surface area contributed by atoms with Crippen LogP contribution in [0.1, 0.15) is 38.2 Å². The molecule has 1 atom stereocenters. The zero-order valence-electron chi connectivity index (χ0n) is 12.7. The van der Waals surface area contributed by atoms with Crippen molar-refractivity contribution in [2.75, 3.05) is 18.5 Å². The second-order valence-electron chi connectivity index (χ2n) is 5.12. The van der Waals surface area contributed by atoms with Crippen LogP contribution in [0.25, 0.3) is 0 Å². The molecule has 0 saturated heterocycles. The Bertz CT molecular complexity index is 531. The van der Waals surface area contributed by atoms with E-state index in [1.807, 2.05) is 12.1 Å². The smallest absolute Gasteiger partial charge is 0.218 e. The third-order valence-corrected chi connectivity index (χ3v) is 3.35. The molecule has 1 aromatic heterocycles. The van der Waals surface area contributed by atoms with Gasteiger partial charge in [-0.2, -0.15) is 0 Å². The SMILES string of the molecule is CCCOc1cc(NCCC(C)c2ccccc2)ncn1. The van der Waals surface area contributed by atoms with Gasteiger partial charge in [0, 0.05) is 12.6 Å². The van der Waals surface area contributed by atoms with Crippen molar-refractivity contribution in [2.45, 2.75) is 32.6 Å². The van der Waals surface area contributed by atoms with Crippen molar-refractivity contribution in [2.24, 2.45) is 0 Å². The van der Waals surface area contributed by atoms with E-state index in [9.17, 15) is 0 Å². The fraction of sp³-hybridized carbons (Fsp3) is 0.412. The molecule has 0 aliphatic rings. The molecule has 0 saturated carbocycles. The van der Waals surface area contributed by atoms with Crippen molar-refractivity contribution in [3.05, 3.63) is 48.3 Å². The highest BCUT2D eigenvalue weighted by Gasteiger charge is 2.05. The number of hydrogen-bond donors (Lipinski definition) is 1. The Balaban J connectivity index is 1.80. The summed E-state index contributed by atoms with van der Waals surface area (Å²) in [6, 6.07) is 12.4. The molecule has 0 amide bonds. The number of anilines is 1. The van der Waals surface area contributed by atoms with Gasteiger partial charge in [-0.05, 0) is 24.3 Å². The van der Waals surface area contributed by atoms with Crippen LogP contribution in [0.15, 0.2) is 42.7 Å². The summed E-state index contributed by atoms with van der Waals surface area (Å²) in [5.41, 5.74) is 1.37. The molecule has 0 bridgehead atoms. The Labute approximate surface area is 126 Å². The lowest BCUT2D eigenvalue weighted by atomic mass is 9.98. The quantitative estimate of drug-likeness (QED) is 0.799. The molecule has 1 heterocycles. The summed E-state index contributed by atoms with van der Waals surface area (Å²) in [6.45, 7) is 5.87. The minimum atomic E-state index is 0.524. The first-order valence-electron chi connectivity index (χ1n) is 7.53. The van der Waals surface area contributed by atoms with E-state index in [-0.39, 0.29) is 0 Å². The van der Waals surface area contributed by atoms with Gasteiger partial charge in [0.1, 0.15) is 12.1 Å². The summed E-state index contributed by atoms with van der Waals surface area (Å²) in [4.78, 5) is 8.31. The monoisotopic (exact) mass is 285 g/mol. The first-order valence-corrected chi connectivity index (χ1v) is 7.53. The van der Waals surface area contributed by atoms with Crippen LogP contribution in [-0.2, 0) is 0 Å². The summed E-state index contributed by atoms with van der Waals surface area (Å²) in [7, 11) is 0. The fourth-order valence-electron chi connectivity index (χ4n) is 2.09. The molecule has 2 aromatic rings. The van der Waals surface area contributed by atoms with Crippen LogP contribution >= 0.6 is 0 Å². The van der Waals surface area contributed by atoms with Crippen LogP contribution in [0.4, 0.5) is 5.82 Å². The van der Waals surface area contributed by atoms with Gasteiger partial charge in [-0.3, -0.25) is 0 Å². The van der Waals surface area contributed by atoms with E-state index < -0.39 is 0 Å². The number of rotatable bonds is 8. The molecule has 112 valence electrons. The Morgan fingerprint density at radius 2 is 2.00 bits per heavy atom. The van der Waals surface area contributed by atoms with Crippen LogP contribution in [0.3, 0.4) is 0 Å². The van der Waals surface area contributed by atoms with Gasteiger partial charge < -0.3 is 10.1 Å². The van der Waals surface area contributed by atoms with E-state index in [0.29, 0.717) is 18.4 Å². The molecular formula is C17H23N3O. The molecular weight excluding hydrogens is 262 g/mol. The average Bonchev–Trinajstić information content (AvgIpc) is 2.54. The third kappa shape index (κ3) is 5.06. The van der Waals surface area contributed by atoms with E-state index >= 15 is 0 Å². The Kier molecular flexibility index (Phi) is 6.00. The van der Waals surface area contributed by atoms with Gasteiger partial charge >= 0.3 is 0 Å². The molecule has 21 heavy (non-hydrogen) atoms. The van der Waals surface area contributed by atoms with Crippen molar-refractivity contribution >= 4 is 5.82 Å². The normalized spacial score (nSPS) is 11.9. The van der Waals surface area contributed by atoms with Crippen molar-refractivity contribution in [1.29, 1.82) is 0 Å². The average molecular weight is 285 g/mol. The first kappa shape index (κ1) is 15.3. The lowest BCUT2D eigenvalue weighted by Gasteiger charge is -2.13. The molecule has 2 rings (SSSR count). The summed E-state index contributed by atoms with van der Waals surface area (Å²) in [5.74, 6) is 1.97. The topological polar surface area (TPSA) is 47.0 Å².